The lowest BCUT2D eigenvalue weighted by atomic mass is 10.1. The number of ether oxygens (including phenoxy) is 2. The van der Waals surface area contributed by atoms with E-state index in [4.69, 9.17) is 9.47 Å². The van der Waals surface area contributed by atoms with E-state index in [0.717, 1.165) is 21.9 Å². The molecular weight excluding hydrogens is 487 g/mol. The third-order valence-corrected chi connectivity index (χ3v) is 6.50. The van der Waals surface area contributed by atoms with Crippen LogP contribution in [0.25, 0.3) is 17.3 Å². The number of rotatable bonds is 10. The van der Waals surface area contributed by atoms with Crippen LogP contribution in [0.2, 0.25) is 0 Å². The average Bonchev–Trinajstić information content (AvgIpc) is 2.92. The third kappa shape index (κ3) is 7.21. The van der Waals surface area contributed by atoms with Crippen LogP contribution in [0.15, 0.2) is 96.0 Å². The molecule has 3 aromatic carbocycles. The normalized spacial score (nSPS) is 10.9. The topological polar surface area (TPSA) is 60.5 Å². The number of thioether (sulfide) groups is 1. The Bertz CT molecular complexity index is 1390. The molecule has 0 radical (unpaired) electrons. The number of aromatic nitrogens is 1. The van der Waals surface area contributed by atoms with Gasteiger partial charge in [0.1, 0.15) is 11.6 Å². The highest BCUT2D eigenvalue weighted by atomic mass is 32.2. The molecule has 0 spiro atoms. The van der Waals surface area contributed by atoms with E-state index >= 15 is 0 Å². The van der Waals surface area contributed by atoms with Gasteiger partial charge in [-0.25, -0.2) is 9.18 Å². The number of hydrogen-bond acceptors (Lipinski definition) is 6. The molecule has 0 saturated carbocycles. The first kappa shape index (κ1) is 26.0. The Balaban J connectivity index is 1.61. The van der Waals surface area contributed by atoms with Crippen molar-refractivity contribution in [1.82, 2.24) is 4.98 Å². The second kappa shape index (κ2) is 12.7. The molecule has 5 nitrogen and oxygen atoms in total. The number of hydrogen-bond donors (Lipinski definition) is 1. The number of halogens is 1. The second-order valence-electron chi connectivity index (χ2n) is 8.01. The van der Waals surface area contributed by atoms with Crippen LogP contribution in [-0.2, 0) is 15.3 Å². The molecule has 0 aliphatic rings. The van der Waals surface area contributed by atoms with Crippen molar-refractivity contribution >= 4 is 35.2 Å². The summed E-state index contributed by atoms with van der Waals surface area (Å²) in [5.74, 6) is 0.642. The van der Waals surface area contributed by atoms with Crippen molar-refractivity contribution in [3.63, 3.8) is 0 Å². The Kier molecular flexibility index (Phi) is 8.94. The van der Waals surface area contributed by atoms with Gasteiger partial charge in [0.2, 0.25) is 0 Å². The van der Waals surface area contributed by atoms with Crippen LogP contribution < -0.4 is 10.1 Å². The summed E-state index contributed by atoms with van der Waals surface area (Å²) in [4.78, 5) is 17.5. The molecule has 0 bridgehead atoms. The molecule has 1 N–H and O–H groups in total. The van der Waals surface area contributed by atoms with E-state index < -0.39 is 5.97 Å². The van der Waals surface area contributed by atoms with E-state index in [-0.39, 0.29) is 5.82 Å². The van der Waals surface area contributed by atoms with Crippen LogP contribution in [0.5, 0.6) is 5.75 Å². The van der Waals surface area contributed by atoms with Gasteiger partial charge in [0.25, 0.3) is 0 Å². The molecule has 188 valence electrons. The number of anilines is 2. The molecule has 4 rings (SSSR count). The Labute approximate surface area is 220 Å². The van der Waals surface area contributed by atoms with Crippen molar-refractivity contribution in [2.24, 2.45) is 0 Å². The highest BCUT2D eigenvalue weighted by Gasteiger charge is 2.11. The molecule has 0 aliphatic carbocycles. The summed E-state index contributed by atoms with van der Waals surface area (Å²) in [6, 6.07) is 24.3. The fraction of sp³-hybridized carbons (Fsp3) is 0.133. The number of benzene rings is 3. The van der Waals surface area contributed by atoms with E-state index in [0.29, 0.717) is 29.3 Å². The zero-order valence-corrected chi connectivity index (χ0v) is 21.4. The van der Waals surface area contributed by atoms with Crippen LogP contribution >= 0.6 is 11.8 Å². The fourth-order valence-electron chi connectivity index (χ4n) is 3.62. The van der Waals surface area contributed by atoms with Crippen LogP contribution in [0.1, 0.15) is 18.1 Å². The summed E-state index contributed by atoms with van der Waals surface area (Å²) in [6.07, 6.45) is 4.79. The Hall–Kier alpha value is -4.10. The molecule has 1 aromatic heterocycles. The molecular formula is C30H27FN2O3S. The van der Waals surface area contributed by atoms with Crippen molar-refractivity contribution < 1.29 is 18.7 Å². The van der Waals surface area contributed by atoms with Crippen molar-refractivity contribution in [2.45, 2.75) is 17.6 Å². The lowest BCUT2D eigenvalue weighted by Crippen LogP contribution is -2.00. The van der Waals surface area contributed by atoms with Gasteiger partial charge in [-0.1, -0.05) is 42.5 Å². The summed E-state index contributed by atoms with van der Waals surface area (Å²) in [5.41, 5.74) is 4.69. The largest absolute Gasteiger partial charge is 0.494 e. The van der Waals surface area contributed by atoms with E-state index in [2.05, 4.69) is 22.4 Å². The van der Waals surface area contributed by atoms with Crippen molar-refractivity contribution in [2.75, 3.05) is 19.0 Å². The average molecular weight is 515 g/mol. The summed E-state index contributed by atoms with van der Waals surface area (Å²) >= 11 is 1.71. The van der Waals surface area contributed by atoms with Gasteiger partial charge in [-0.15, -0.1) is 11.8 Å². The summed E-state index contributed by atoms with van der Waals surface area (Å²) in [6.45, 7) is 2.08. The van der Waals surface area contributed by atoms with Gasteiger partial charge >= 0.3 is 5.97 Å². The first-order chi connectivity index (χ1) is 18.1. The second-order valence-corrected chi connectivity index (χ2v) is 9.06. The van der Waals surface area contributed by atoms with E-state index in [1.807, 2.05) is 36.4 Å². The first-order valence-corrected chi connectivity index (χ1v) is 12.8. The monoisotopic (exact) mass is 514 g/mol. The van der Waals surface area contributed by atoms with E-state index in [1.165, 1.54) is 23.8 Å². The third-order valence-electron chi connectivity index (χ3n) is 5.43. The number of carbonyl (C=O) groups is 1. The SMILES string of the molecule is CCOC(=O)/C=C/c1cc(SCc2ccccc2)ccc1Nc1cnc(-c2cccc(F)c2)cc1OC. The minimum absolute atomic E-state index is 0.307. The minimum atomic E-state index is -0.408. The van der Waals surface area contributed by atoms with E-state index in [1.54, 1.807) is 56.3 Å². The molecule has 0 amide bonds. The molecule has 0 atom stereocenters. The molecule has 0 aliphatic heterocycles. The van der Waals surface area contributed by atoms with E-state index in [9.17, 15) is 9.18 Å². The standard InChI is InChI=1S/C30H27FN2O3S/c1-3-36-30(34)15-12-23-17-25(37-20-21-8-5-4-6-9-21)13-14-26(23)33-28-19-32-27(18-29(28)35-2)22-10-7-11-24(31)16-22/h4-19,33H,3,20H2,1-2H3/b15-12+. The van der Waals surface area contributed by atoms with Crippen molar-refractivity contribution in [3.05, 3.63) is 108 Å². The smallest absolute Gasteiger partial charge is 0.330 e. The van der Waals surface area contributed by atoms with Crippen LogP contribution in [0.3, 0.4) is 0 Å². The van der Waals surface area contributed by atoms with Gasteiger partial charge in [0.15, 0.2) is 0 Å². The minimum Gasteiger partial charge on any atom is -0.494 e. The lowest BCUT2D eigenvalue weighted by Gasteiger charge is -2.15. The number of nitrogens with zero attached hydrogens (tertiary/aromatic N) is 1. The lowest BCUT2D eigenvalue weighted by molar-refractivity contribution is -0.137. The molecule has 0 saturated heterocycles. The number of nitrogens with one attached hydrogen (secondary N) is 1. The van der Waals surface area contributed by atoms with Gasteiger partial charge < -0.3 is 14.8 Å². The zero-order chi connectivity index (χ0) is 26.0. The van der Waals surface area contributed by atoms with Crippen molar-refractivity contribution in [3.8, 4) is 17.0 Å². The maximum Gasteiger partial charge on any atom is 0.330 e. The molecule has 1 heterocycles. The Morgan fingerprint density at radius 2 is 1.86 bits per heavy atom. The zero-order valence-electron chi connectivity index (χ0n) is 20.6. The number of methoxy groups -OCH3 is 1. The van der Waals surface area contributed by atoms with Crippen LogP contribution in [-0.4, -0.2) is 24.7 Å². The number of carbonyl (C=O) groups excluding carboxylic acids is 1. The molecule has 0 fully saturated rings. The molecule has 4 aromatic rings. The Morgan fingerprint density at radius 1 is 1.03 bits per heavy atom. The number of pyridine rings is 1. The summed E-state index contributed by atoms with van der Waals surface area (Å²) in [7, 11) is 1.57. The Morgan fingerprint density at radius 3 is 2.62 bits per heavy atom. The highest BCUT2D eigenvalue weighted by Crippen LogP contribution is 2.34. The predicted octanol–water partition coefficient (Wildman–Crippen LogP) is 7.51. The maximum absolute atomic E-state index is 13.7. The van der Waals surface area contributed by atoms with Crippen LogP contribution in [0, 0.1) is 5.82 Å². The quantitative estimate of drug-likeness (QED) is 0.134. The van der Waals surface area contributed by atoms with Crippen LogP contribution in [0.4, 0.5) is 15.8 Å². The fourth-order valence-corrected chi connectivity index (χ4v) is 4.52. The van der Waals surface area contributed by atoms with Gasteiger partial charge in [-0.05, 0) is 54.5 Å². The molecule has 7 heteroatoms. The summed E-state index contributed by atoms with van der Waals surface area (Å²) < 4.78 is 24.3. The predicted molar refractivity (Wildman–Crippen MR) is 148 cm³/mol. The van der Waals surface area contributed by atoms with Gasteiger partial charge in [0, 0.05) is 34.0 Å². The van der Waals surface area contributed by atoms with Crippen molar-refractivity contribution in [1.29, 1.82) is 0 Å². The molecule has 0 unspecified atom stereocenters. The molecule has 37 heavy (non-hydrogen) atoms. The van der Waals surface area contributed by atoms with Gasteiger partial charge in [0.05, 0.1) is 31.3 Å². The maximum atomic E-state index is 13.7. The number of esters is 1. The summed E-state index contributed by atoms with van der Waals surface area (Å²) in [5, 5.41) is 3.36. The first-order valence-electron chi connectivity index (χ1n) is 11.8. The van der Waals surface area contributed by atoms with Gasteiger partial charge in [-0.3, -0.25) is 4.98 Å². The van der Waals surface area contributed by atoms with Gasteiger partial charge in [-0.2, -0.15) is 0 Å². The highest BCUT2D eigenvalue weighted by molar-refractivity contribution is 7.98.